The number of piperazine rings is 1. The van der Waals surface area contributed by atoms with Gasteiger partial charge in [0, 0.05) is 43.5 Å². The topological polar surface area (TPSA) is 82.6 Å². The Morgan fingerprint density at radius 2 is 1.75 bits per heavy atom. The van der Waals surface area contributed by atoms with E-state index in [1.54, 1.807) is 28.5 Å². The lowest BCUT2D eigenvalue weighted by Gasteiger charge is -2.36. The predicted octanol–water partition coefficient (Wildman–Crippen LogP) is 4.56. The number of hydrogen-bond donors (Lipinski definition) is 1. The smallest absolute Gasteiger partial charge is 0.273 e. The highest BCUT2D eigenvalue weighted by Crippen LogP contribution is 2.33. The molecule has 3 aromatic rings. The summed E-state index contributed by atoms with van der Waals surface area (Å²) in [4.78, 5) is 21.4. The first-order valence-electron chi connectivity index (χ1n) is 9.73. The van der Waals surface area contributed by atoms with E-state index in [1.807, 2.05) is 12.1 Å². The molecule has 0 atom stereocenters. The molecule has 0 aliphatic carbocycles. The predicted molar refractivity (Wildman–Crippen MR) is 130 cm³/mol. The van der Waals surface area contributed by atoms with Crippen molar-refractivity contribution in [2.75, 3.05) is 42.7 Å². The van der Waals surface area contributed by atoms with Gasteiger partial charge in [-0.05, 0) is 36.4 Å². The highest BCUT2D eigenvalue weighted by Gasteiger charge is 2.25. The number of aromatic nitrogens is 1. The number of benzene rings is 2. The van der Waals surface area contributed by atoms with E-state index in [1.165, 1.54) is 23.5 Å². The molecule has 2 aromatic carbocycles. The molecule has 2 heterocycles. The van der Waals surface area contributed by atoms with E-state index in [0.717, 1.165) is 11.9 Å². The Bertz CT molecular complexity index is 1240. The maximum Gasteiger partial charge on any atom is 0.273 e. The van der Waals surface area contributed by atoms with Gasteiger partial charge >= 0.3 is 0 Å². The number of rotatable bonds is 5. The molecule has 7 nitrogen and oxygen atoms in total. The van der Waals surface area contributed by atoms with Crippen LogP contribution >= 0.6 is 34.5 Å². The second-order valence-electron chi connectivity index (χ2n) is 7.31. The molecule has 32 heavy (non-hydrogen) atoms. The van der Waals surface area contributed by atoms with Crippen LogP contribution in [0, 0.1) is 0 Å². The summed E-state index contributed by atoms with van der Waals surface area (Å²) in [5.74, 6) is -0.126. The lowest BCUT2D eigenvalue weighted by atomic mass is 10.2. The molecule has 4 rings (SSSR count). The van der Waals surface area contributed by atoms with Crippen LogP contribution in [0.1, 0.15) is 10.5 Å². The van der Waals surface area contributed by atoms with Gasteiger partial charge in [0.05, 0.1) is 20.6 Å². The molecule has 1 aliphatic rings. The fourth-order valence-corrected chi connectivity index (χ4v) is 5.14. The number of amides is 1. The molecule has 1 fully saturated rings. The Labute approximate surface area is 200 Å². The monoisotopic (exact) mass is 510 g/mol. The number of hydrogen-bond acceptors (Lipinski definition) is 7. The molecule has 1 amide bonds. The molecule has 1 aliphatic heterocycles. The van der Waals surface area contributed by atoms with Gasteiger partial charge in [-0.25, -0.2) is 13.4 Å². The SMILES string of the molecule is CS(=O)(=O)c1ccc(Nc2nc(C(=O)N3CCN(c4cccc(Cl)c4Cl)CC3)cs2)cc1. The number of thiazole rings is 1. The first-order valence-corrected chi connectivity index (χ1v) is 13.3. The van der Waals surface area contributed by atoms with Crippen LogP contribution in [0.4, 0.5) is 16.5 Å². The highest BCUT2D eigenvalue weighted by atomic mass is 35.5. The van der Waals surface area contributed by atoms with Crippen LogP contribution in [0.2, 0.25) is 10.0 Å². The van der Waals surface area contributed by atoms with Crippen molar-refractivity contribution < 1.29 is 13.2 Å². The third kappa shape index (κ3) is 5.01. The summed E-state index contributed by atoms with van der Waals surface area (Å²) in [6.45, 7) is 2.39. The Balaban J connectivity index is 1.37. The van der Waals surface area contributed by atoms with Gasteiger partial charge in [0.25, 0.3) is 5.91 Å². The second-order valence-corrected chi connectivity index (χ2v) is 11.0. The van der Waals surface area contributed by atoms with E-state index < -0.39 is 9.84 Å². The summed E-state index contributed by atoms with van der Waals surface area (Å²) in [5.41, 5.74) is 1.94. The second kappa shape index (κ2) is 9.27. The molecular weight excluding hydrogens is 491 g/mol. The fraction of sp³-hybridized carbons (Fsp3) is 0.238. The first kappa shape index (κ1) is 22.8. The fourth-order valence-electron chi connectivity index (χ4n) is 3.39. The minimum Gasteiger partial charge on any atom is -0.367 e. The molecular formula is C21H20Cl2N4O3S2. The number of carbonyl (C=O) groups excluding carboxylic acids is 1. The Morgan fingerprint density at radius 3 is 2.41 bits per heavy atom. The third-order valence-corrected chi connectivity index (χ3v) is 7.79. The van der Waals surface area contributed by atoms with Crippen molar-refractivity contribution in [3.05, 3.63) is 63.6 Å². The van der Waals surface area contributed by atoms with Gasteiger partial charge in [-0.1, -0.05) is 29.3 Å². The lowest BCUT2D eigenvalue weighted by molar-refractivity contribution is 0.0742. The molecule has 168 valence electrons. The average Bonchev–Trinajstić information content (AvgIpc) is 3.23. The average molecular weight is 511 g/mol. The van der Waals surface area contributed by atoms with E-state index in [9.17, 15) is 13.2 Å². The highest BCUT2D eigenvalue weighted by molar-refractivity contribution is 7.90. The van der Waals surface area contributed by atoms with Crippen LogP contribution < -0.4 is 10.2 Å². The number of sulfone groups is 1. The van der Waals surface area contributed by atoms with Crippen molar-refractivity contribution in [3.8, 4) is 0 Å². The molecule has 0 radical (unpaired) electrons. The minimum atomic E-state index is -3.25. The first-order chi connectivity index (χ1) is 15.2. The summed E-state index contributed by atoms with van der Waals surface area (Å²) in [6.07, 6.45) is 1.16. The van der Waals surface area contributed by atoms with Crippen LogP contribution in [-0.4, -0.2) is 56.6 Å². The minimum absolute atomic E-state index is 0.126. The third-order valence-electron chi connectivity index (χ3n) is 5.10. The van der Waals surface area contributed by atoms with E-state index in [4.69, 9.17) is 23.2 Å². The Kier molecular flexibility index (Phi) is 6.62. The molecule has 1 saturated heterocycles. The van der Waals surface area contributed by atoms with Crippen molar-refractivity contribution in [1.29, 1.82) is 0 Å². The van der Waals surface area contributed by atoms with E-state index in [-0.39, 0.29) is 10.8 Å². The van der Waals surface area contributed by atoms with Gasteiger partial charge < -0.3 is 15.1 Å². The maximum absolute atomic E-state index is 12.9. The number of carbonyl (C=O) groups is 1. The van der Waals surface area contributed by atoms with Crippen molar-refractivity contribution in [1.82, 2.24) is 9.88 Å². The van der Waals surface area contributed by atoms with Gasteiger partial charge in [-0.3, -0.25) is 4.79 Å². The summed E-state index contributed by atoms with van der Waals surface area (Å²) in [7, 11) is -3.25. The standard InChI is InChI=1S/C21H20Cl2N4O3S2/c1-32(29,30)15-7-5-14(6-8-15)24-21-25-17(13-31-21)20(28)27-11-9-26(10-12-27)18-4-2-3-16(22)19(18)23/h2-8,13H,9-12H2,1H3,(H,24,25). The molecule has 0 spiro atoms. The van der Waals surface area contributed by atoms with Gasteiger partial charge in [0.15, 0.2) is 15.0 Å². The quantitative estimate of drug-likeness (QED) is 0.541. The van der Waals surface area contributed by atoms with Crippen LogP contribution in [0.25, 0.3) is 0 Å². The van der Waals surface area contributed by atoms with Crippen LogP contribution in [-0.2, 0) is 9.84 Å². The molecule has 1 N–H and O–H groups in total. The normalized spacial score (nSPS) is 14.5. The summed E-state index contributed by atoms with van der Waals surface area (Å²) < 4.78 is 23.2. The van der Waals surface area contributed by atoms with Gasteiger partial charge in [-0.2, -0.15) is 0 Å². The zero-order valence-electron chi connectivity index (χ0n) is 17.1. The van der Waals surface area contributed by atoms with Gasteiger partial charge in [0.2, 0.25) is 0 Å². The molecule has 0 saturated carbocycles. The van der Waals surface area contributed by atoms with Crippen LogP contribution in [0.3, 0.4) is 0 Å². The summed E-state index contributed by atoms with van der Waals surface area (Å²) >= 11 is 13.8. The van der Waals surface area contributed by atoms with Gasteiger partial charge in [0.1, 0.15) is 5.69 Å². The van der Waals surface area contributed by atoms with E-state index >= 15 is 0 Å². The van der Waals surface area contributed by atoms with Crippen LogP contribution in [0.5, 0.6) is 0 Å². The molecule has 11 heteroatoms. The number of nitrogens with one attached hydrogen (secondary N) is 1. The van der Waals surface area contributed by atoms with Crippen LogP contribution in [0.15, 0.2) is 52.7 Å². The largest absolute Gasteiger partial charge is 0.367 e. The van der Waals surface area contributed by atoms with E-state index in [2.05, 4.69) is 15.2 Å². The molecule has 0 bridgehead atoms. The van der Waals surface area contributed by atoms with Crippen molar-refractivity contribution in [2.24, 2.45) is 0 Å². The maximum atomic E-state index is 12.9. The number of halogens is 2. The van der Waals surface area contributed by atoms with Crippen molar-refractivity contribution in [2.45, 2.75) is 4.90 Å². The van der Waals surface area contributed by atoms with Gasteiger partial charge in [-0.15, -0.1) is 11.3 Å². The lowest BCUT2D eigenvalue weighted by Crippen LogP contribution is -2.49. The Morgan fingerprint density at radius 1 is 1.06 bits per heavy atom. The van der Waals surface area contributed by atoms with E-state index in [0.29, 0.717) is 52.7 Å². The molecule has 1 aromatic heterocycles. The number of nitrogens with zero attached hydrogens (tertiary/aromatic N) is 3. The molecule has 0 unspecified atom stereocenters. The summed E-state index contributed by atoms with van der Waals surface area (Å²) in [6, 6.07) is 11.9. The van der Waals surface area contributed by atoms with Crippen molar-refractivity contribution >= 4 is 66.8 Å². The summed E-state index contributed by atoms with van der Waals surface area (Å²) in [5, 5.41) is 6.42. The Hall–Kier alpha value is -2.33. The zero-order valence-corrected chi connectivity index (χ0v) is 20.2. The van der Waals surface area contributed by atoms with Crippen molar-refractivity contribution in [3.63, 3.8) is 0 Å². The number of anilines is 3. The zero-order chi connectivity index (χ0) is 22.9.